The molecule has 2 rings (SSSR count). The van der Waals surface area contributed by atoms with E-state index in [-0.39, 0.29) is 6.10 Å². The zero-order valence-corrected chi connectivity index (χ0v) is 6.49. The molecule has 0 bridgehead atoms. The predicted octanol–water partition coefficient (Wildman–Crippen LogP) is -0.335. The average Bonchev–Trinajstić information content (AvgIpc) is 2.33. The number of hydrogen-bond donors (Lipinski definition) is 1. The van der Waals surface area contributed by atoms with Crippen LogP contribution in [0.2, 0.25) is 0 Å². The Balaban J connectivity index is 2.37. The molecule has 0 aromatic carbocycles. The highest BCUT2D eigenvalue weighted by atomic mass is 16.3. The van der Waals surface area contributed by atoms with Gasteiger partial charge in [-0.2, -0.15) is 0 Å². The van der Waals surface area contributed by atoms with E-state index in [9.17, 15) is 5.11 Å². The molecule has 0 radical (unpaired) electrons. The molecule has 1 aromatic heterocycles. The van der Waals surface area contributed by atoms with Crippen molar-refractivity contribution in [3.8, 4) is 0 Å². The number of aliphatic hydroxyl groups is 1. The summed E-state index contributed by atoms with van der Waals surface area (Å²) in [5.74, 6) is 0. The van der Waals surface area contributed by atoms with E-state index in [1.54, 1.807) is 4.68 Å². The topological polar surface area (TPSA) is 50.9 Å². The van der Waals surface area contributed by atoms with Crippen molar-refractivity contribution in [1.82, 2.24) is 15.0 Å². The first-order chi connectivity index (χ1) is 5.27. The highest BCUT2D eigenvalue weighted by Crippen LogP contribution is 2.17. The third-order valence-corrected chi connectivity index (χ3v) is 2.17. The van der Waals surface area contributed by atoms with Crippen LogP contribution >= 0.6 is 0 Å². The summed E-state index contributed by atoms with van der Waals surface area (Å²) in [6, 6.07) is 0. The molecule has 1 heterocycles. The van der Waals surface area contributed by atoms with E-state index in [0.29, 0.717) is 6.42 Å². The zero-order valence-electron chi connectivity index (χ0n) is 6.49. The molecule has 11 heavy (non-hydrogen) atoms. The Kier molecular flexibility index (Phi) is 1.42. The van der Waals surface area contributed by atoms with Crippen LogP contribution in [0.5, 0.6) is 0 Å². The smallest absolute Gasteiger partial charge is 0.0861 e. The predicted molar refractivity (Wildman–Crippen MR) is 39.0 cm³/mol. The Hall–Kier alpha value is -0.900. The van der Waals surface area contributed by atoms with E-state index < -0.39 is 0 Å². The highest BCUT2D eigenvalue weighted by molar-refractivity contribution is 5.14. The molecule has 0 saturated carbocycles. The van der Waals surface area contributed by atoms with Crippen LogP contribution in [-0.2, 0) is 19.9 Å². The number of rotatable bonds is 0. The molecule has 0 spiro atoms. The maximum atomic E-state index is 9.33. The normalized spacial score (nSPS) is 23.3. The first-order valence-electron chi connectivity index (χ1n) is 3.83. The van der Waals surface area contributed by atoms with Gasteiger partial charge in [-0.05, 0) is 12.8 Å². The number of fused-ring (bicyclic) bond motifs is 1. The lowest BCUT2D eigenvalue weighted by atomic mass is 9.98. The van der Waals surface area contributed by atoms with E-state index in [1.807, 2.05) is 7.05 Å². The van der Waals surface area contributed by atoms with Gasteiger partial charge in [0.2, 0.25) is 0 Å². The quantitative estimate of drug-likeness (QED) is 0.555. The molecule has 1 unspecified atom stereocenters. The van der Waals surface area contributed by atoms with Gasteiger partial charge in [0, 0.05) is 13.5 Å². The molecule has 0 amide bonds. The van der Waals surface area contributed by atoms with Crippen molar-refractivity contribution in [2.75, 3.05) is 0 Å². The van der Waals surface area contributed by atoms with Crippen molar-refractivity contribution in [3.05, 3.63) is 11.4 Å². The van der Waals surface area contributed by atoms with E-state index in [4.69, 9.17) is 0 Å². The Morgan fingerprint density at radius 1 is 1.64 bits per heavy atom. The zero-order chi connectivity index (χ0) is 7.84. The number of nitrogens with zero attached hydrogens (tertiary/aromatic N) is 3. The molecule has 0 aliphatic heterocycles. The average molecular weight is 153 g/mol. The Morgan fingerprint density at radius 2 is 2.45 bits per heavy atom. The molecule has 0 saturated heterocycles. The first kappa shape index (κ1) is 6.79. The SMILES string of the molecule is Cn1nnc2c1CC(O)CC2. The van der Waals surface area contributed by atoms with Crippen LogP contribution in [0.25, 0.3) is 0 Å². The van der Waals surface area contributed by atoms with E-state index >= 15 is 0 Å². The molecule has 1 aliphatic carbocycles. The van der Waals surface area contributed by atoms with Crippen LogP contribution in [0, 0.1) is 0 Å². The lowest BCUT2D eigenvalue weighted by Gasteiger charge is -2.15. The molecule has 1 aliphatic rings. The summed E-state index contributed by atoms with van der Waals surface area (Å²) < 4.78 is 1.75. The van der Waals surface area contributed by atoms with Gasteiger partial charge in [-0.1, -0.05) is 5.21 Å². The van der Waals surface area contributed by atoms with E-state index in [1.165, 1.54) is 0 Å². The minimum atomic E-state index is -0.195. The monoisotopic (exact) mass is 153 g/mol. The summed E-state index contributed by atoms with van der Waals surface area (Å²) >= 11 is 0. The third-order valence-electron chi connectivity index (χ3n) is 2.17. The second-order valence-corrected chi connectivity index (χ2v) is 3.00. The van der Waals surface area contributed by atoms with Gasteiger partial charge in [-0.15, -0.1) is 5.10 Å². The van der Waals surface area contributed by atoms with Gasteiger partial charge in [0.15, 0.2) is 0 Å². The van der Waals surface area contributed by atoms with Crippen LogP contribution < -0.4 is 0 Å². The second kappa shape index (κ2) is 2.30. The van der Waals surface area contributed by atoms with Crippen molar-refractivity contribution < 1.29 is 5.11 Å². The summed E-state index contributed by atoms with van der Waals surface area (Å²) in [5, 5.41) is 17.2. The summed E-state index contributed by atoms with van der Waals surface area (Å²) in [4.78, 5) is 0. The molecule has 4 heteroatoms. The Bertz CT molecular complexity index is 269. The van der Waals surface area contributed by atoms with Crippen molar-refractivity contribution >= 4 is 0 Å². The minimum absolute atomic E-state index is 0.195. The lowest BCUT2D eigenvalue weighted by molar-refractivity contribution is 0.155. The van der Waals surface area contributed by atoms with E-state index in [2.05, 4.69) is 10.3 Å². The number of aliphatic hydroxyl groups excluding tert-OH is 1. The number of aromatic nitrogens is 3. The molecular weight excluding hydrogens is 142 g/mol. The molecule has 60 valence electrons. The fourth-order valence-electron chi connectivity index (χ4n) is 1.49. The third kappa shape index (κ3) is 1.03. The van der Waals surface area contributed by atoms with Crippen LogP contribution in [0.3, 0.4) is 0 Å². The van der Waals surface area contributed by atoms with Crippen LogP contribution in [0.1, 0.15) is 17.8 Å². The van der Waals surface area contributed by atoms with E-state index in [0.717, 1.165) is 24.2 Å². The highest BCUT2D eigenvalue weighted by Gasteiger charge is 2.20. The fourth-order valence-corrected chi connectivity index (χ4v) is 1.49. The van der Waals surface area contributed by atoms with Crippen molar-refractivity contribution in [2.45, 2.75) is 25.4 Å². The van der Waals surface area contributed by atoms with Gasteiger partial charge in [-0.3, -0.25) is 4.68 Å². The second-order valence-electron chi connectivity index (χ2n) is 3.00. The first-order valence-corrected chi connectivity index (χ1v) is 3.83. The largest absolute Gasteiger partial charge is 0.393 e. The van der Waals surface area contributed by atoms with Crippen molar-refractivity contribution in [3.63, 3.8) is 0 Å². The fraction of sp³-hybridized carbons (Fsp3) is 0.714. The standard InChI is InChI=1S/C7H11N3O/c1-10-7-4-5(11)2-3-6(7)8-9-10/h5,11H,2-4H2,1H3. The molecular formula is C7H11N3O. The van der Waals surface area contributed by atoms with Crippen LogP contribution in [0.4, 0.5) is 0 Å². The summed E-state index contributed by atoms with van der Waals surface area (Å²) in [7, 11) is 1.86. The van der Waals surface area contributed by atoms with Gasteiger partial charge in [0.1, 0.15) is 0 Å². The summed E-state index contributed by atoms with van der Waals surface area (Å²) in [5.41, 5.74) is 2.14. The van der Waals surface area contributed by atoms with Gasteiger partial charge < -0.3 is 5.11 Å². The van der Waals surface area contributed by atoms with Crippen LogP contribution in [0.15, 0.2) is 0 Å². The molecule has 0 fully saturated rings. The summed E-state index contributed by atoms with van der Waals surface area (Å²) in [6.07, 6.45) is 2.20. The molecule has 4 nitrogen and oxygen atoms in total. The van der Waals surface area contributed by atoms with Crippen LogP contribution in [-0.4, -0.2) is 26.2 Å². The Morgan fingerprint density at radius 3 is 3.27 bits per heavy atom. The van der Waals surface area contributed by atoms with Crippen molar-refractivity contribution in [2.24, 2.45) is 7.05 Å². The van der Waals surface area contributed by atoms with Gasteiger partial charge >= 0.3 is 0 Å². The van der Waals surface area contributed by atoms with Gasteiger partial charge in [0.05, 0.1) is 17.5 Å². The van der Waals surface area contributed by atoms with Gasteiger partial charge in [-0.25, -0.2) is 0 Å². The maximum absolute atomic E-state index is 9.33. The number of aryl methyl sites for hydroxylation is 2. The molecule has 1 N–H and O–H groups in total. The summed E-state index contributed by atoms with van der Waals surface area (Å²) in [6.45, 7) is 0. The number of hydrogen-bond acceptors (Lipinski definition) is 3. The van der Waals surface area contributed by atoms with Crippen molar-refractivity contribution in [1.29, 1.82) is 0 Å². The minimum Gasteiger partial charge on any atom is -0.393 e. The molecule has 1 atom stereocenters. The Labute approximate surface area is 64.8 Å². The lowest BCUT2D eigenvalue weighted by Crippen LogP contribution is -2.20. The molecule has 1 aromatic rings. The van der Waals surface area contributed by atoms with Gasteiger partial charge in [0.25, 0.3) is 0 Å². The maximum Gasteiger partial charge on any atom is 0.0861 e.